The second-order valence-corrected chi connectivity index (χ2v) is 6.62. The first kappa shape index (κ1) is 15.8. The summed E-state index contributed by atoms with van der Waals surface area (Å²) in [6.07, 6.45) is 0.421. The average molecular weight is 321 g/mol. The van der Waals surface area contributed by atoms with Gasteiger partial charge in [0.1, 0.15) is 16.3 Å². The van der Waals surface area contributed by atoms with Gasteiger partial charge in [0.05, 0.1) is 6.10 Å². The Bertz CT molecular complexity index is 670. The van der Waals surface area contributed by atoms with Crippen LogP contribution in [0.5, 0.6) is 0 Å². The number of halogens is 2. The Morgan fingerprint density at radius 2 is 1.95 bits per heavy atom. The van der Waals surface area contributed by atoms with E-state index in [1.165, 1.54) is 0 Å². The Kier molecular flexibility index (Phi) is 4.26. The molecule has 2 rings (SSSR count). The molecule has 0 aliphatic heterocycles. The molecule has 1 fully saturated rings. The SMILES string of the molecule is O=C(O)c1c(F)ccc(S(=O)(=O)NCC2CC(O)C2)c1F. The first-order valence-electron chi connectivity index (χ1n) is 6.11. The van der Waals surface area contributed by atoms with Crippen LogP contribution in [0.15, 0.2) is 17.0 Å². The molecule has 9 heteroatoms. The fourth-order valence-corrected chi connectivity index (χ4v) is 3.31. The number of sulfonamides is 1. The highest BCUT2D eigenvalue weighted by molar-refractivity contribution is 7.89. The zero-order chi connectivity index (χ0) is 15.8. The molecule has 6 nitrogen and oxygen atoms in total. The Balaban J connectivity index is 2.24. The molecule has 0 radical (unpaired) electrons. The number of nitrogens with one attached hydrogen (secondary N) is 1. The second-order valence-electron chi connectivity index (χ2n) is 4.88. The molecular weight excluding hydrogens is 308 g/mol. The molecule has 0 bridgehead atoms. The van der Waals surface area contributed by atoms with E-state index in [0.29, 0.717) is 25.0 Å². The van der Waals surface area contributed by atoms with Gasteiger partial charge in [-0.25, -0.2) is 26.7 Å². The van der Waals surface area contributed by atoms with Crippen molar-refractivity contribution in [3.8, 4) is 0 Å². The number of carboxylic acid groups (broad SMARTS) is 1. The van der Waals surface area contributed by atoms with E-state index in [0.717, 1.165) is 0 Å². The molecule has 116 valence electrons. The molecule has 1 aliphatic rings. The molecule has 0 atom stereocenters. The molecule has 21 heavy (non-hydrogen) atoms. The van der Waals surface area contributed by atoms with Crippen LogP contribution in [0.25, 0.3) is 0 Å². The molecule has 1 saturated carbocycles. The minimum atomic E-state index is -4.29. The van der Waals surface area contributed by atoms with Crippen LogP contribution in [0.2, 0.25) is 0 Å². The third kappa shape index (κ3) is 3.20. The summed E-state index contributed by atoms with van der Waals surface area (Å²) in [6.45, 7) is -0.00137. The van der Waals surface area contributed by atoms with E-state index in [-0.39, 0.29) is 12.5 Å². The van der Waals surface area contributed by atoms with Crippen molar-refractivity contribution in [2.75, 3.05) is 6.54 Å². The number of aromatic carboxylic acids is 1. The molecule has 3 N–H and O–H groups in total. The number of carbonyl (C=O) groups is 1. The van der Waals surface area contributed by atoms with Crippen molar-refractivity contribution in [1.29, 1.82) is 0 Å². The zero-order valence-corrected chi connectivity index (χ0v) is 11.5. The van der Waals surface area contributed by atoms with Gasteiger partial charge in [0.15, 0.2) is 5.82 Å². The van der Waals surface area contributed by atoms with E-state index in [1.54, 1.807) is 0 Å². The van der Waals surface area contributed by atoms with Crippen LogP contribution in [-0.2, 0) is 10.0 Å². The predicted octanol–water partition coefficient (Wildman–Crippen LogP) is 0.712. The van der Waals surface area contributed by atoms with Gasteiger partial charge in [-0.2, -0.15) is 0 Å². The first-order chi connectivity index (χ1) is 9.72. The lowest BCUT2D eigenvalue weighted by Gasteiger charge is -2.31. The molecule has 1 aliphatic carbocycles. The third-order valence-corrected chi connectivity index (χ3v) is 4.77. The normalized spacial score (nSPS) is 21.9. The Morgan fingerprint density at radius 3 is 2.48 bits per heavy atom. The van der Waals surface area contributed by atoms with Gasteiger partial charge in [0.2, 0.25) is 10.0 Å². The molecule has 0 amide bonds. The minimum Gasteiger partial charge on any atom is -0.477 e. The number of carboxylic acids is 1. The van der Waals surface area contributed by atoms with Crippen molar-refractivity contribution in [1.82, 2.24) is 4.72 Å². The van der Waals surface area contributed by atoms with Gasteiger partial charge < -0.3 is 10.2 Å². The average Bonchev–Trinajstić information content (AvgIpc) is 2.32. The summed E-state index contributed by atoms with van der Waals surface area (Å²) in [5.41, 5.74) is -1.31. The Labute approximate surface area is 119 Å². The van der Waals surface area contributed by atoms with Crippen LogP contribution < -0.4 is 4.72 Å². The van der Waals surface area contributed by atoms with Gasteiger partial charge >= 0.3 is 5.97 Å². The fraction of sp³-hybridized carbons (Fsp3) is 0.417. The summed E-state index contributed by atoms with van der Waals surface area (Å²) >= 11 is 0. The van der Waals surface area contributed by atoms with Crippen molar-refractivity contribution < 1.29 is 32.2 Å². The quantitative estimate of drug-likeness (QED) is 0.741. The summed E-state index contributed by atoms with van der Waals surface area (Å²) in [5.74, 6) is -4.92. The van der Waals surface area contributed by atoms with Crippen LogP contribution in [-0.4, -0.2) is 37.2 Å². The van der Waals surface area contributed by atoms with Crippen LogP contribution in [0.3, 0.4) is 0 Å². The van der Waals surface area contributed by atoms with Crippen LogP contribution in [0.1, 0.15) is 23.2 Å². The molecule has 0 unspecified atom stereocenters. The number of aliphatic hydroxyl groups is 1. The van der Waals surface area contributed by atoms with Gasteiger partial charge in [-0.1, -0.05) is 0 Å². The lowest BCUT2D eigenvalue weighted by Crippen LogP contribution is -2.38. The summed E-state index contributed by atoms with van der Waals surface area (Å²) in [4.78, 5) is 9.84. The highest BCUT2D eigenvalue weighted by atomic mass is 32.2. The molecule has 0 aromatic heterocycles. The van der Waals surface area contributed by atoms with Crippen molar-refractivity contribution in [2.24, 2.45) is 5.92 Å². The van der Waals surface area contributed by atoms with E-state index >= 15 is 0 Å². The standard InChI is InChI=1S/C12H13F2NO5S/c13-8-1-2-9(11(14)10(8)12(17)18)21(19,20)15-5-6-3-7(16)4-6/h1-2,6-7,15-16H,3-5H2,(H,17,18). The Morgan fingerprint density at radius 1 is 1.33 bits per heavy atom. The van der Waals surface area contributed by atoms with Gasteiger partial charge in [-0.05, 0) is 30.9 Å². The summed E-state index contributed by atoms with van der Waals surface area (Å²) < 4.78 is 53.1. The van der Waals surface area contributed by atoms with E-state index < -0.39 is 44.2 Å². The summed E-state index contributed by atoms with van der Waals surface area (Å²) in [7, 11) is -4.29. The monoisotopic (exact) mass is 321 g/mol. The van der Waals surface area contributed by atoms with Crippen LogP contribution in [0.4, 0.5) is 8.78 Å². The fourth-order valence-electron chi connectivity index (χ4n) is 2.11. The number of rotatable bonds is 5. The van der Waals surface area contributed by atoms with E-state index in [1.807, 2.05) is 0 Å². The molecule has 0 spiro atoms. The summed E-state index contributed by atoms with van der Waals surface area (Å²) in [5, 5.41) is 17.8. The van der Waals surface area contributed by atoms with Crippen molar-refractivity contribution in [2.45, 2.75) is 23.8 Å². The zero-order valence-electron chi connectivity index (χ0n) is 10.7. The van der Waals surface area contributed by atoms with E-state index in [2.05, 4.69) is 4.72 Å². The maximum absolute atomic E-state index is 13.9. The number of hydrogen-bond acceptors (Lipinski definition) is 4. The molecule has 1 aromatic rings. The maximum Gasteiger partial charge on any atom is 0.341 e. The van der Waals surface area contributed by atoms with Crippen LogP contribution >= 0.6 is 0 Å². The van der Waals surface area contributed by atoms with Gasteiger partial charge in [-0.15, -0.1) is 0 Å². The van der Waals surface area contributed by atoms with E-state index in [4.69, 9.17) is 10.2 Å². The minimum absolute atomic E-state index is 0.00137. The second kappa shape index (κ2) is 5.66. The van der Waals surface area contributed by atoms with Crippen molar-refractivity contribution in [3.05, 3.63) is 29.3 Å². The predicted molar refractivity (Wildman–Crippen MR) is 67.2 cm³/mol. The third-order valence-electron chi connectivity index (χ3n) is 3.33. The molecular formula is C12H13F2NO5S. The van der Waals surface area contributed by atoms with Gasteiger partial charge in [0, 0.05) is 6.54 Å². The summed E-state index contributed by atoms with van der Waals surface area (Å²) in [6, 6.07) is 1.27. The lowest BCUT2D eigenvalue weighted by molar-refractivity contribution is 0.0453. The molecule has 0 heterocycles. The van der Waals surface area contributed by atoms with E-state index in [9.17, 15) is 22.0 Å². The lowest BCUT2D eigenvalue weighted by atomic mass is 9.83. The molecule has 0 saturated heterocycles. The van der Waals surface area contributed by atoms with Crippen molar-refractivity contribution in [3.63, 3.8) is 0 Å². The van der Waals surface area contributed by atoms with Crippen LogP contribution in [0, 0.1) is 17.6 Å². The number of aliphatic hydroxyl groups excluding tert-OH is 1. The molecule has 1 aromatic carbocycles. The highest BCUT2D eigenvalue weighted by Gasteiger charge is 2.31. The maximum atomic E-state index is 13.9. The smallest absolute Gasteiger partial charge is 0.341 e. The number of benzene rings is 1. The first-order valence-corrected chi connectivity index (χ1v) is 7.59. The van der Waals surface area contributed by atoms with Gasteiger partial charge in [0.25, 0.3) is 0 Å². The topological polar surface area (TPSA) is 104 Å². The largest absolute Gasteiger partial charge is 0.477 e. The van der Waals surface area contributed by atoms with Gasteiger partial charge in [-0.3, -0.25) is 0 Å². The Hall–Kier alpha value is -1.58. The number of hydrogen-bond donors (Lipinski definition) is 3. The highest BCUT2D eigenvalue weighted by Crippen LogP contribution is 2.27. The van der Waals surface area contributed by atoms with Crippen molar-refractivity contribution >= 4 is 16.0 Å².